The van der Waals surface area contributed by atoms with Crippen molar-refractivity contribution in [3.05, 3.63) is 23.8 Å². The smallest absolute Gasteiger partial charge is 0.227 e. The summed E-state index contributed by atoms with van der Waals surface area (Å²) in [5, 5.41) is 3.14. The monoisotopic (exact) mass is 301 g/mol. The number of fused-ring (bicyclic) bond motifs is 2. The molecule has 120 valence electrons. The molecule has 0 heterocycles. The SMILES string of the molecule is COc1ccc(C(C)(C)C)cc1NC(=O)C1CC2CCC1C2. The number of hydrogen-bond donors (Lipinski definition) is 1. The van der Waals surface area contributed by atoms with Gasteiger partial charge in [0.2, 0.25) is 5.91 Å². The number of methoxy groups -OCH3 is 1. The van der Waals surface area contributed by atoms with Crippen LogP contribution >= 0.6 is 0 Å². The number of hydrogen-bond acceptors (Lipinski definition) is 2. The van der Waals surface area contributed by atoms with E-state index in [0.717, 1.165) is 23.8 Å². The Morgan fingerprint density at radius 2 is 2.00 bits per heavy atom. The number of carbonyl (C=O) groups is 1. The van der Waals surface area contributed by atoms with E-state index in [1.165, 1.54) is 24.8 Å². The van der Waals surface area contributed by atoms with Crippen molar-refractivity contribution in [2.24, 2.45) is 17.8 Å². The molecule has 2 saturated carbocycles. The Morgan fingerprint density at radius 1 is 1.23 bits per heavy atom. The van der Waals surface area contributed by atoms with Gasteiger partial charge in [0, 0.05) is 5.92 Å². The molecule has 2 aliphatic carbocycles. The van der Waals surface area contributed by atoms with Gasteiger partial charge in [-0.2, -0.15) is 0 Å². The fourth-order valence-electron chi connectivity index (χ4n) is 4.06. The van der Waals surface area contributed by atoms with Gasteiger partial charge in [-0.05, 0) is 54.2 Å². The van der Waals surface area contributed by atoms with Crippen LogP contribution in [0.25, 0.3) is 0 Å². The minimum absolute atomic E-state index is 0.0537. The van der Waals surface area contributed by atoms with E-state index in [9.17, 15) is 4.79 Å². The molecule has 0 spiro atoms. The largest absolute Gasteiger partial charge is 0.495 e. The third kappa shape index (κ3) is 2.86. The molecule has 1 amide bonds. The Hall–Kier alpha value is -1.51. The van der Waals surface area contributed by atoms with Crippen LogP contribution in [0.1, 0.15) is 52.0 Å². The molecule has 1 N–H and O–H groups in total. The van der Waals surface area contributed by atoms with Crippen LogP contribution in [0.4, 0.5) is 5.69 Å². The number of nitrogens with one attached hydrogen (secondary N) is 1. The van der Waals surface area contributed by atoms with E-state index in [1.807, 2.05) is 6.07 Å². The maximum Gasteiger partial charge on any atom is 0.227 e. The minimum Gasteiger partial charge on any atom is -0.495 e. The summed E-state index contributed by atoms with van der Waals surface area (Å²) in [6.45, 7) is 6.53. The predicted octanol–water partition coefficient (Wildman–Crippen LogP) is 4.37. The average molecular weight is 301 g/mol. The second kappa shape index (κ2) is 5.60. The normalized spacial score (nSPS) is 27.0. The van der Waals surface area contributed by atoms with Gasteiger partial charge in [-0.15, -0.1) is 0 Å². The molecule has 3 rings (SSSR count). The van der Waals surface area contributed by atoms with Crippen molar-refractivity contribution in [3.63, 3.8) is 0 Å². The molecule has 2 bridgehead atoms. The van der Waals surface area contributed by atoms with E-state index >= 15 is 0 Å². The van der Waals surface area contributed by atoms with Crippen LogP contribution in [0.5, 0.6) is 5.75 Å². The summed E-state index contributed by atoms with van der Waals surface area (Å²) in [4.78, 5) is 12.7. The van der Waals surface area contributed by atoms with Crippen LogP contribution in [0.2, 0.25) is 0 Å². The van der Waals surface area contributed by atoms with E-state index in [1.54, 1.807) is 7.11 Å². The Balaban J connectivity index is 1.80. The molecule has 2 fully saturated rings. The summed E-state index contributed by atoms with van der Waals surface area (Å²) in [5.74, 6) is 2.49. The van der Waals surface area contributed by atoms with Gasteiger partial charge in [0.15, 0.2) is 0 Å². The molecule has 2 aliphatic rings. The van der Waals surface area contributed by atoms with Crippen molar-refractivity contribution in [2.75, 3.05) is 12.4 Å². The molecule has 1 aromatic rings. The van der Waals surface area contributed by atoms with Crippen LogP contribution < -0.4 is 10.1 Å². The van der Waals surface area contributed by atoms with Gasteiger partial charge >= 0.3 is 0 Å². The lowest BCUT2D eigenvalue weighted by molar-refractivity contribution is -0.121. The molecule has 0 aliphatic heterocycles. The van der Waals surface area contributed by atoms with Crippen molar-refractivity contribution >= 4 is 11.6 Å². The zero-order valence-electron chi connectivity index (χ0n) is 14.1. The van der Waals surface area contributed by atoms with Crippen LogP contribution in [0.3, 0.4) is 0 Å². The molecule has 0 radical (unpaired) electrons. The minimum atomic E-state index is 0.0537. The van der Waals surface area contributed by atoms with E-state index in [2.05, 4.69) is 38.2 Å². The lowest BCUT2D eigenvalue weighted by Gasteiger charge is -2.24. The van der Waals surface area contributed by atoms with Gasteiger partial charge in [-0.3, -0.25) is 4.79 Å². The van der Waals surface area contributed by atoms with E-state index in [4.69, 9.17) is 4.74 Å². The van der Waals surface area contributed by atoms with Gasteiger partial charge in [0.05, 0.1) is 12.8 Å². The van der Waals surface area contributed by atoms with Crippen molar-refractivity contribution in [2.45, 2.75) is 51.9 Å². The Labute approximate surface area is 133 Å². The molecule has 22 heavy (non-hydrogen) atoms. The molecule has 3 heteroatoms. The summed E-state index contributed by atoms with van der Waals surface area (Å²) < 4.78 is 5.42. The number of benzene rings is 1. The van der Waals surface area contributed by atoms with Gasteiger partial charge in [-0.25, -0.2) is 0 Å². The van der Waals surface area contributed by atoms with Crippen LogP contribution in [0.15, 0.2) is 18.2 Å². The number of carbonyl (C=O) groups excluding carboxylic acids is 1. The third-order valence-corrected chi connectivity index (χ3v) is 5.40. The number of ether oxygens (including phenoxy) is 1. The number of anilines is 1. The number of amides is 1. The first-order valence-electron chi connectivity index (χ1n) is 8.38. The molecule has 0 aromatic heterocycles. The topological polar surface area (TPSA) is 38.3 Å². The molecule has 3 atom stereocenters. The fourth-order valence-corrected chi connectivity index (χ4v) is 4.06. The second-order valence-corrected chi connectivity index (χ2v) is 7.94. The first-order chi connectivity index (χ1) is 10.4. The second-order valence-electron chi connectivity index (χ2n) is 7.94. The Bertz CT molecular complexity index is 573. The highest BCUT2D eigenvalue weighted by Crippen LogP contribution is 2.48. The maximum absolute atomic E-state index is 12.7. The van der Waals surface area contributed by atoms with E-state index in [0.29, 0.717) is 5.92 Å². The lowest BCUT2D eigenvalue weighted by Crippen LogP contribution is -2.27. The van der Waals surface area contributed by atoms with E-state index < -0.39 is 0 Å². The van der Waals surface area contributed by atoms with Gasteiger partial charge in [0.1, 0.15) is 5.75 Å². The highest BCUT2D eigenvalue weighted by atomic mass is 16.5. The zero-order chi connectivity index (χ0) is 15.9. The molecule has 3 unspecified atom stereocenters. The lowest BCUT2D eigenvalue weighted by atomic mass is 9.86. The highest BCUT2D eigenvalue weighted by molar-refractivity contribution is 5.94. The van der Waals surface area contributed by atoms with Crippen molar-refractivity contribution in [1.29, 1.82) is 0 Å². The van der Waals surface area contributed by atoms with Crippen LogP contribution in [0, 0.1) is 17.8 Å². The van der Waals surface area contributed by atoms with Gasteiger partial charge in [0.25, 0.3) is 0 Å². The van der Waals surface area contributed by atoms with E-state index in [-0.39, 0.29) is 17.2 Å². The third-order valence-electron chi connectivity index (χ3n) is 5.40. The molecule has 0 saturated heterocycles. The summed E-state index contributed by atoms with van der Waals surface area (Å²) in [5.41, 5.74) is 2.07. The molecule has 3 nitrogen and oxygen atoms in total. The van der Waals surface area contributed by atoms with Crippen molar-refractivity contribution in [3.8, 4) is 5.75 Å². The number of rotatable bonds is 3. The molecular formula is C19H27NO2. The first-order valence-corrected chi connectivity index (χ1v) is 8.38. The standard InChI is InChI=1S/C19H27NO2/c1-19(2,3)14-7-8-17(22-4)16(11-14)20-18(21)15-10-12-5-6-13(15)9-12/h7-8,11-13,15H,5-6,9-10H2,1-4H3,(H,20,21). The van der Waals surface area contributed by atoms with Crippen molar-refractivity contribution < 1.29 is 9.53 Å². The summed E-state index contributed by atoms with van der Waals surface area (Å²) in [6, 6.07) is 6.09. The quantitative estimate of drug-likeness (QED) is 0.900. The summed E-state index contributed by atoms with van der Waals surface area (Å²) in [7, 11) is 1.65. The maximum atomic E-state index is 12.7. The molecule has 1 aromatic carbocycles. The highest BCUT2D eigenvalue weighted by Gasteiger charge is 2.43. The Morgan fingerprint density at radius 3 is 2.55 bits per heavy atom. The predicted molar refractivity (Wildman–Crippen MR) is 89.3 cm³/mol. The average Bonchev–Trinajstić information content (AvgIpc) is 3.09. The molecular weight excluding hydrogens is 274 g/mol. The zero-order valence-corrected chi connectivity index (χ0v) is 14.1. The van der Waals surface area contributed by atoms with Gasteiger partial charge < -0.3 is 10.1 Å². The van der Waals surface area contributed by atoms with Crippen LogP contribution in [-0.4, -0.2) is 13.0 Å². The summed E-state index contributed by atoms with van der Waals surface area (Å²) in [6.07, 6.45) is 4.86. The first kappa shape index (κ1) is 15.4. The van der Waals surface area contributed by atoms with Crippen molar-refractivity contribution in [1.82, 2.24) is 0 Å². The Kier molecular flexibility index (Phi) is 3.92. The van der Waals surface area contributed by atoms with Crippen LogP contribution in [-0.2, 0) is 10.2 Å². The summed E-state index contributed by atoms with van der Waals surface area (Å²) >= 11 is 0. The fraction of sp³-hybridized carbons (Fsp3) is 0.632. The van der Waals surface area contributed by atoms with Gasteiger partial charge in [-0.1, -0.05) is 33.3 Å².